The molecule has 1 aliphatic heterocycles. The third-order valence-electron chi connectivity index (χ3n) is 5.02. The Morgan fingerprint density at radius 3 is 2.61 bits per heavy atom. The Bertz CT molecular complexity index is 914. The molecule has 1 aliphatic rings. The summed E-state index contributed by atoms with van der Waals surface area (Å²) in [6.45, 7) is 9.87. The number of hydrogen-bond acceptors (Lipinski definition) is 4. The predicted molar refractivity (Wildman–Crippen MR) is 114 cm³/mol. The molecule has 0 N–H and O–H groups in total. The van der Waals surface area contributed by atoms with Gasteiger partial charge in [0.15, 0.2) is 6.04 Å². The van der Waals surface area contributed by atoms with Crippen LogP contribution in [0.25, 0.3) is 0 Å². The molecular weight excluding hydrogens is 348 g/mol. The Hall–Kier alpha value is -3.08. The minimum absolute atomic E-state index is 0.182. The molecule has 0 radical (unpaired) electrons. The number of carbonyl (C=O) groups excluding carboxylic acids is 1. The number of carbonyl (C=O) groups is 1. The van der Waals surface area contributed by atoms with E-state index < -0.39 is 6.04 Å². The highest BCUT2D eigenvalue weighted by molar-refractivity contribution is 6.18. The fourth-order valence-corrected chi connectivity index (χ4v) is 3.15. The number of hydrogen-bond donors (Lipinski definition) is 0. The number of hydrazone groups is 1. The Kier molecular flexibility index (Phi) is 6.14. The Morgan fingerprint density at radius 2 is 1.93 bits per heavy atom. The van der Waals surface area contributed by atoms with Gasteiger partial charge >= 0.3 is 0 Å². The summed E-state index contributed by atoms with van der Waals surface area (Å²) >= 11 is 0. The third kappa shape index (κ3) is 4.09. The van der Waals surface area contributed by atoms with Crippen LogP contribution in [0.3, 0.4) is 0 Å². The second kappa shape index (κ2) is 8.74. The standard InChI is InChI=1S/C23H26N4O/c1-5-9-18-12-14-19(15-13-18)27-23(28)22(17(4)26-27)25-24-21-11-8-7-10-20(21)16(3)6-2/h5,7-8,10-16,22H,1,6,9H2,2-4H3. The molecule has 0 aromatic heterocycles. The lowest BCUT2D eigenvalue weighted by Crippen LogP contribution is -2.29. The summed E-state index contributed by atoms with van der Waals surface area (Å²) in [7, 11) is 0. The van der Waals surface area contributed by atoms with Crippen LogP contribution in [0, 0.1) is 0 Å². The maximum Gasteiger partial charge on any atom is 0.280 e. The van der Waals surface area contributed by atoms with Crippen molar-refractivity contribution in [3.8, 4) is 0 Å². The molecule has 3 rings (SSSR count). The lowest BCUT2D eigenvalue weighted by molar-refractivity contribution is -0.117. The molecule has 2 aromatic carbocycles. The number of rotatable bonds is 7. The first-order valence-electron chi connectivity index (χ1n) is 9.63. The van der Waals surface area contributed by atoms with Gasteiger partial charge in [-0.15, -0.1) is 6.58 Å². The van der Waals surface area contributed by atoms with Crippen molar-refractivity contribution < 1.29 is 4.79 Å². The first kappa shape index (κ1) is 19.7. The number of nitrogens with zero attached hydrogens (tertiary/aromatic N) is 4. The average molecular weight is 374 g/mol. The third-order valence-corrected chi connectivity index (χ3v) is 5.02. The van der Waals surface area contributed by atoms with Gasteiger partial charge in [-0.25, -0.2) is 0 Å². The minimum Gasteiger partial charge on any atom is -0.269 e. The van der Waals surface area contributed by atoms with Crippen molar-refractivity contribution in [1.82, 2.24) is 0 Å². The lowest BCUT2D eigenvalue weighted by atomic mass is 9.97. The molecule has 2 atom stereocenters. The molecule has 1 amide bonds. The molecule has 0 aliphatic carbocycles. The molecule has 0 saturated carbocycles. The zero-order chi connectivity index (χ0) is 20.1. The van der Waals surface area contributed by atoms with Gasteiger partial charge in [0.05, 0.1) is 17.1 Å². The quantitative estimate of drug-likeness (QED) is 0.446. The maximum atomic E-state index is 12.9. The largest absolute Gasteiger partial charge is 0.280 e. The van der Waals surface area contributed by atoms with Crippen LogP contribution in [-0.2, 0) is 11.2 Å². The number of azo groups is 1. The van der Waals surface area contributed by atoms with Gasteiger partial charge < -0.3 is 0 Å². The molecule has 0 bridgehead atoms. The average Bonchev–Trinajstić information content (AvgIpc) is 3.00. The van der Waals surface area contributed by atoms with E-state index in [0.717, 1.165) is 35.3 Å². The van der Waals surface area contributed by atoms with Gasteiger partial charge in [-0.05, 0) is 55.0 Å². The molecule has 0 fully saturated rings. The Labute approximate surface area is 166 Å². The van der Waals surface area contributed by atoms with E-state index in [1.807, 2.05) is 55.5 Å². The van der Waals surface area contributed by atoms with Gasteiger partial charge in [0.2, 0.25) is 0 Å². The Balaban J connectivity index is 1.80. The van der Waals surface area contributed by atoms with E-state index in [-0.39, 0.29) is 5.91 Å². The zero-order valence-electron chi connectivity index (χ0n) is 16.7. The van der Waals surface area contributed by atoms with Crippen LogP contribution in [0.1, 0.15) is 44.2 Å². The van der Waals surface area contributed by atoms with Crippen LogP contribution in [0.5, 0.6) is 0 Å². The molecule has 0 spiro atoms. The summed E-state index contributed by atoms with van der Waals surface area (Å²) in [5.41, 5.74) is 4.47. The highest BCUT2D eigenvalue weighted by Gasteiger charge is 2.34. The van der Waals surface area contributed by atoms with E-state index in [9.17, 15) is 4.79 Å². The number of benzene rings is 2. The van der Waals surface area contributed by atoms with E-state index in [0.29, 0.717) is 11.6 Å². The van der Waals surface area contributed by atoms with Gasteiger partial charge in [0, 0.05) is 0 Å². The highest BCUT2D eigenvalue weighted by atomic mass is 16.2. The van der Waals surface area contributed by atoms with Gasteiger partial charge in [-0.1, -0.05) is 50.3 Å². The molecule has 5 heteroatoms. The fourth-order valence-electron chi connectivity index (χ4n) is 3.15. The zero-order valence-corrected chi connectivity index (χ0v) is 16.7. The molecule has 144 valence electrons. The van der Waals surface area contributed by atoms with E-state index >= 15 is 0 Å². The SMILES string of the molecule is C=CCc1ccc(N2N=C(C)C(N=Nc3ccccc3C(C)CC)C2=O)cc1. The lowest BCUT2D eigenvalue weighted by Gasteiger charge is -2.13. The molecule has 5 nitrogen and oxygen atoms in total. The summed E-state index contributed by atoms with van der Waals surface area (Å²) in [5, 5.41) is 14.6. The first-order valence-corrected chi connectivity index (χ1v) is 9.63. The van der Waals surface area contributed by atoms with Crippen molar-refractivity contribution in [2.24, 2.45) is 15.3 Å². The molecule has 2 unspecified atom stereocenters. The van der Waals surface area contributed by atoms with Crippen LogP contribution in [0.2, 0.25) is 0 Å². The molecule has 0 saturated heterocycles. The molecule has 1 heterocycles. The number of allylic oxidation sites excluding steroid dienone is 1. The summed E-state index contributed by atoms with van der Waals surface area (Å²) in [6, 6.07) is 15.0. The summed E-state index contributed by atoms with van der Waals surface area (Å²) in [5.74, 6) is 0.202. The summed E-state index contributed by atoms with van der Waals surface area (Å²) in [6.07, 6.45) is 3.67. The van der Waals surface area contributed by atoms with Crippen LogP contribution in [0.15, 0.2) is 76.5 Å². The van der Waals surface area contributed by atoms with Gasteiger partial charge in [0.1, 0.15) is 0 Å². The smallest absolute Gasteiger partial charge is 0.269 e. The molecular formula is C23H26N4O. The molecule has 28 heavy (non-hydrogen) atoms. The van der Waals surface area contributed by atoms with Crippen molar-refractivity contribution >= 4 is 23.0 Å². The number of anilines is 1. The first-order chi connectivity index (χ1) is 13.5. The van der Waals surface area contributed by atoms with Crippen molar-refractivity contribution in [2.45, 2.75) is 45.6 Å². The van der Waals surface area contributed by atoms with Crippen LogP contribution in [-0.4, -0.2) is 17.7 Å². The highest BCUT2D eigenvalue weighted by Crippen LogP contribution is 2.30. The molecule has 2 aromatic rings. The Morgan fingerprint density at radius 1 is 1.21 bits per heavy atom. The van der Waals surface area contributed by atoms with Crippen LogP contribution >= 0.6 is 0 Å². The van der Waals surface area contributed by atoms with Crippen molar-refractivity contribution in [3.63, 3.8) is 0 Å². The normalized spacial score (nSPS) is 17.8. The maximum absolute atomic E-state index is 12.9. The second-order valence-corrected chi connectivity index (χ2v) is 7.04. The summed E-state index contributed by atoms with van der Waals surface area (Å²) in [4.78, 5) is 12.9. The summed E-state index contributed by atoms with van der Waals surface area (Å²) < 4.78 is 0. The van der Waals surface area contributed by atoms with Gasteiger partial charge in [-0.3, -0.25) is 4.79 Å². The second-order valence-electron chi connectivity index (χ2n) is 7.04. The monoisotopic (exact) mass is 374 g/mol. The van der Waals surface area contributed by atoms with E-state index in [1.54, 1.807) is 0 Å². The fraction of sp³-hybridized carbons (Fsp3) is 0.304. The van der Waals surface area contributed by atoms with Crippen molar-refractivity contribution in [2.75, 3.05) is 5.01 Å². The van der Waals surface area contributed by atoms with E-state index in [2.05, 4.69) is 41.8 Å². The van der Waals surface area contributed by atoms with Crippen LogP contribution < -0.4 is 5.01 Å². The topological polar surface area (TPSA) is 57.4 Å². The van der Waals surface area contributed by atoms with E-state index in [1.165, 1.54) is 5.01 Å². The number of amides is 1. The predicted octanol–water partition coefficient (Wildman–Crippen LogP) is 5.80. The van der Waals surface area contributed by atoms with E-state index in [4.69, 9.17) is 0 Å². The van der Waals surface area contributed by atoms with Gasteiger partial charge in [0.25, 0.3) is 5.91 Å². The van der Waals surface area contributed by atoms with Crippen molar-refractivity contribution in [1.29, 1.82) is 0 Å². The van der Waals surface area contributed by atoms with Gasteiger partial charge in [-0.2, -0.15) is 20.3 Å². The van der Waals surface area contributed by atoms with Crippen molar-refractivity contribution in [3.05, 3.63) is 72.3 Å². The van der Waals surface area contributed by atoms with Crippen LogP contribution in [0.4, 0.5) is 11.4 Å². The minimum atomic E-state index is -0.683.